The molecule has 24 heavy (non-hydrogen) atoms. The summed E-state index contributed by atoms with van der Waals surface area (Å²) in [4.78, 5) is 12.4. The number of nitrogens with one attached hydrogen (secondary N) is 1. The molecule has 2 atom stereocenters. The fraction of sp³-hybridized carbons (Fsp3) is 0.350. The van der Waals surface area contributed by atoms with Crippen LogP contribution in [0.25, 0.3) is 0 Å². The lowest BCUT2D eigenvalue weighted by molar-refractivity contribution is -0.128. The van der Waals surface area contributed by atoms with Crippen LogP contribution in [-0.2, 0) is 11.2 Å². The van der Waals surface area contributed by atoms with Crippen molar-refractivity contribution < 1.29 is 13.9 Å². The summed E-state index contributed by atoms with van der Waals surface area (Å²) in [6.45, 7) is 5.87. The second-order valence-electron chi connectivity index (χ2n) is 5.77. The number of hydrogen-bond acceptors (Lipinski definition) is 2. The molecule has 0 heterocycles. The quantitative estimate of drug-likeness (QED) is 0.816. The Morgan fingerprint density at radius 1 is 1.12 bits per heavy atom. The molecule has 4 heteroatoms. The fourth-order valence-electron chi connectivity index (χ4n) is 2.45. The number of amides is 1. The van der Waals surface area contributed by atoms with Gasteiger partial charge in [-0.3, -0.25) is 4.79 Å². The lowest BCUT2D eigenvalue weighted by atomic mass is 10.0. The van der Waals surface area contributed by atoms with E-state index in [0.717, 1.165) is 12.0 Å². The molecule has 1 amide bonds. The van der Waals surface area contributed by atoms with Crippen LogP contribution >= 0.6 is 0 Å². The summed E-state index contributed by atoms with van der Waals surface area (Å²) in [6.07, 6.45) is 0.719. The molecule has 0 saturated carbocycles. The van der Waals surface area contributed by atoms with E-state index in [9.17, 15) is 9.18 Å². The topological polar surface area (TPSA) is 38.3 Å². The van der Waals surface area contributed by atoms with Crippen LogP contribution in [0.2, 0.25) is 0 Å². The lowest BCUT2D eigenvalue weighted by Crippen LogP contribution is -2.39. The number of carbonyl (C=O) groups is 1. The highest BCUT2D eigenvalue weighted by Crippen LogP contribution is 2.19. The van der Waals surface area contributed by atoms with Gasteiger partial charge in [0.2, 0.25) is 0 Å². The first kappa shape index (κ1) is 18.0. The third-order valence-corrected chi connectivity index (χ3v) is 4.02. The zero-order valence-corrected chi connectivity index (χ0v) is 14.4. The van der Waals surface area contributed by atoms with Gasteiger partial charge in [-0.05, 0) is 43.0 Å². The van der Waals surface area contributed by atoms with Gasteiger partial charge in [-0.2, -0.15) is 0 Å². The van der Waals surface area contributed by atoms with Crippen LogP contribution in [0, 0.1) is 5.82 Å². The molecule has 3 nitrogen and oxygen atoms in total. The van der Waals surface area contributed by atoms with Gasteiger partial charge >= 0.3 is 0 Å². The molecule has 0 aliphatic carbocycles. The maximum Gasteiger partial charge on any atom is 0.261 e. The molecular formula is C20H24FNO2. The van der Waals surface area contributed by atoms with Crippen molar-refractivity contribution in [3.63, 3.8) is 0 Å². The van der Waals surface area contributed by atoms with Crippen LogP contribution in [0.1, 0.15) is 44.4 Å². The maximum absolute atomic E-state index is 13.7. The first-order chi connectivity index (χ1) is 11.5. The van der Waals surface area contributed by atoms with Crippen LogP contribution in [0.5, 0.6) is 5.75 Å². The first-order valence-electron chi connectivity index (χ1n) is 8.35. The Balaban J connectivity index is 2.01. The minimum absolute atomic E-state index is 0.0967. The average Bonchev–Trinajstić information content (AvgIpc) is 2.61. The van der Waals surface area contributed by atoms with Crippen LogP contribution < -0.4 is 10.1 Å². The Labute approximate surface area is 142 Å². The van der Waals surface area contributed by atoms with E-state index in [1.807, 2.05) is 26.0 Å². The van der Waals surface area contributed by atoms with Crippen molar-refractivity contribution in [1.82, 2.24) is 5.32 Å². The molecule has 0 bridgehead atoms. The average molecular weight is 329 g/mol. The third-order valence-electron chi connectivity index (χ3n) is 4.02. The number of ether oxygens (including phenoxy) is 1. The van der Waals surface area contributed by atoms with Crippen molar-refractivity contribution >= 4 is 5.91 Å². The van der Waals surface area contributed by atoms with E-state index in [1.54, 1.807) is 12.1 Å². The molecule has 2 unspecified atom stereocenters. The molecule has 2 aromatic rings. The summed E-state index contributed by atoms with van der Waals surface area (Å²) >= 11 is 0. The zero-order chi connectivity index (χ0) is 17.5. The molecule has 0 aliphatic rings. The molecule has 0 spiro atoms. The Kier molecular flexibility index (Phi) is 6.36. The van der Waals surface area contributed by atoms with E-state index in [0.29, 0.717) is 6.42 Å². The van der Waals surface area contributed by atoms with Crippen molar-refractivity contribution in [2.75, 3.05) is 0 Å². The molecular weight excluding hydrogens is 305 g/mol. The zero-order valence-electron chi connectivity index (χ0n) is 14.4. The summed E-state index contributed by atoms with van der Waals surface area (Å²) in [7, 11) is 0. The highest BCUT2D eigenvalue weighted by molar-refractivity contribution is 5.81. The molecule has 0 saturated heterocycles. The predicted molar refractivity (Wildman–Crippen MR) is 93.5 cm³/mol. The van der Waals surface area contributed by atoms with E-state index in [-0.39, 0.29) is 17.7 Å². The number of para-hydroxylation sites is 1. The monoisotopic (exact) mass is 329 g/mol. The van der Waals surface area contributed by atoms with E-state index >= 15 is 0 Å². The van der Waals surface area contributed by atoms with Gasteiger partial charge < -0.3 is 10.1 Å². The normalized spacial score (nSPS) is 13.2. The van der Waals surface area contributed by atoms with E-state index in [2.05, 4.69) is 24.4 Å². The second-order valence-corrected chi connectivity index (χ2v) is 5.77. The fourth-order valence-corrected chi connectivity index (χ4v) is 2.45. The van der Waals surface area contributed by atoms with E-state index < -0.39 is 11.9 Å². The summed E-state index contributed by atoms with van der Waals surface area (Å²) in [5, 5.41) is 2.94. The van der Waals surface area contributed by atoms with Crippen molar-refractivity contribution in [1.29, 1.82) is 0 Å². The van der Waals surface area contributed by atoms with Crippen molar-refractivity contribution in [3.8, 4) is 5.75 Å². The van der Waals surface area contributed by atoms with Gasteiger partial charge in [0, 0.05) is 0 Å². The summed E-state index contributed by atoms with van der Waals surface area (Å²) in [5.74, 6) is -0.612. The number of aryl methyl sites for hydroxylation is 1. The summed E-state index contributed by atoms with van der Waals surface area (Å²) in [6, 6.07) is 14.1. The Bertz CT molecular complexity index is 670. The standard InChI is InChI=1S/C20H24FNO2/c1-4-15-10-12-16(13-11-15)14(3)22-20(23)18(5-2)24-19-9-7-6-8-17(19)21/h6-14,18H,4-5H2,1-3H3,(H,22,23). The number of carbonyl (C=O) groups excluding carboxylic acids is 1. The molecule has 0 radical (unpaired) electrons. The SMILES string of the molecule is CCc1ccc(C(C)NC(=O)C(CC)Oc2ccccc2F)cc1. The number of benzene rings is 2. The number of halogens is 1. The van der Waals surface area contributed by atoms with E-state index in [1.165, 1.54) is 17.7 Å². The number of rotatable bonds is 7. The van der Waals surface area contributed by atoms with Gasteiger partial charge in [0.05, 0.1) is 6.04 Å². The third kappa shape index (κ3) is 4.57. The van der Waals surface area contributed by atoms with Gasteiger partial charge in [0.1, 0.15) is 0 Å². The van der Waals surface area contributed by atoms with Gasteiger partial charge in [-0.25, -0.2) is 4.39 Å². The van der Waals surface area contributed by atoms with Gasteiger partial charge in [-0.1, -0.05) is 50.2 Å². The van der Waals surface area contributed by atoms with Gasteiger partial charge in [-0.15, -0.1) is 0 Å². The minimum Gasteiger partial charge on any atom is -0.478 e. The maximum atomic E-state index is 13.7. The van der Waals surface area contributed by atoms with Crippen molar-refractivity contribution in [2.45, 2.75) is 45.8 Å². The molecule has 0 aromatic heterocycles. The van der Waals surface area contributed by atoms with Crippen LogP contribution in [0.3, 0.4) is 0 Å². The van der Waals surface area contributed by atoms with Gasteiger partial charge in [0.15, 0.2) is 17.7 Å². The van der Waals surface area contributed by atoms with Crippen molar-refractivity contribution in [3.05, 3.63) is 65.5 Å². The first-order valence-corrected chi connectivity index (χ1v) is 8.35. The predicted octanol–water partition coefficient (Wildman–Crippen LogP) is 4.42. The van der Waals surface area contributed by atoms with Crippen LogP contribution in [0.15, 0.2) is 48.5 Å². The highest BCUT2D eigenvalue weighted by atomic mass is 19.1. The lowest BCUT2D eigenvalue weighted by Gasteiger charge is -2.21. The minimum atomic E-state index is -0.723. The highest BCUT2D eigenvalue weighted by Gasteiger charge is 2.21. The number of hydrogen-bond donors (Lipinski definition) is 1. The van der Waals surface area contributed by atoms with Crippen LogP contribution in [-0.4, -0.2) is 12.0 Å². The van der Waals surface area contributed by atoms with Crippen LogP contribution in [0.4, 0.5) is 4.39 Å². The largest absolute Gasteiger partial charge is 0.478 e. The molecule has 2 rings (SSSR count). The molecule has 1 N–H and O–H groups in total. The van der Waals surface area contributed by atoms with Gasteiger partial charge in [0.25, 0.3) is 5.91 Å². The van der Waals surface area contributed by atoms with E-state index in [4.69, 9.17) is 4.74 Å². The molecule has 128 valence electrons. The summed E-state index contributed by atoms with van der Waals surface area (Å²) < 4.78 is 19.2. The second kappa shape index (κ2) is 8.48. The summed E-state index contributed by atoms with van der Waals surface area (Å²) in [5.41, 5.74) is 2.29. The smallest absolute Gasteiger partial charge is 0.261 e. The molecule has 0 fully saturated rings. The molecule has 2 aromatic carbocycles. The Morgan fingerprint density at radius 3 is 2.38 bits per heavy atom. The Hall–Kier alpha value is -2.36. The Morgan fingerprint density at radius 2 is 1.79 bits per heavy atom. The molecule has 0 aliphatic heterocycles. The van der Waals surface area contributed by atoms with Crippen molar-refractivity contribution in [2.24, 2.45) is 0 Å².